The molecule has 5 rings (SSSR count). The van der Waals surface area contributed by atoms with Gasteiger partial charge in [0.25, 0.3) is 0 Å². The van der Waals surface area contributed by atoms with Gasteiger partial charge in [0.05, 0.1) is 0 Å². The van der Waals surface area contributed by atoms with Crippen LogP contribution in [0.5, 0.6) is 0 Å². The number of rotatable bonds is 1. The van der Waals surface area contributed by atoms with E-state index in [1.165, 1.54) is 0 Å². The minimum Gasteiger partial charge on any atom is -0.196 e. The van der Waals surface area contributed by atoms with Crippen molar-refractivity contribution in [1.29, 1.82) is 0 Å². The molecule has 3 saturated carbocycles. The average Bonchev–Trinajstić information content (AvgIpc) is 2.37. The van der Waals surface area contributed by atoms with E-state index in [0.717, 1.165) is 41.9 Å². The molecule has 2 heteroatoms. The maximum atomic E-state index is 2.62. The van der Waals surface area contributed by atoms with E-state index in [9.17, 15) is 0 Å². The largest absolute Gasteiger partial charge is 1.00 e. The molecular formula is C18H31BLi. The molecule has 2 saturated heterocycles. The molecule has 0 aromatic carbocycles. The molecule has 3 aliphatic carbocycles. The summed E-state index contributed by atoms with van der Waals surface area (Å²) in [4.78, 5) is 0. The molecule has 20 heavy (non-hydrogen) atoms. The van der Waals surface area contributed by atoms with Crippen molar-refractivity contribution in [3.63, 3.8) is 0 Å². The van der Waals surface area contributed by atoms with Crippen LogP contribution in [0.25, 0.3) is 0 Å². The van der Waals surface area contributed by atoms with E-state index in [0.29, 0.717) is 5.41 Å². The molecule has 0 N–H and O–H groups in total. The third kappa shape index (κ3) is 2.10. The second-order valence-electron chi connectivity index (χ2n) is 9.08. The van der Waals surface area contributed by atoms with Crippen molar-refractivity contribution in [3.05, 3.63) is 0 Å². The first kappa shape index (κ1) is 15.6. The molecule has 1 radical (unpaired) electrons. The van der Waals surface area contributed by atoms with Gasteiger partial charge in [-0.05, 0) is 23.7 Å². The minimum atomic E-state index is 0. The Hall–Kier alpha value is 0.662. The average molecular weight is 265 g/mol. The van der Waals surface area contributed by atoms with Gasteiger partial charge in [-0.25, -0.2) is 0 Å². The summed E-state index contributed by atoms with van der Waals surface area (Å²) in [5.41, 5.74) is 0.680. The molecule has 0 nitrogen and oxygen atoms in total. The maximum Gasteiger partial charge on any atom is 1.00 e. The Kier molecular flexibility index (Phi) is 4.19. The van der Waals surface area contributed by atoms with Gasteiger partial charge in [0.2, 0.25) is 0 Å². The Labute approximate surface area is 138 Å². The first-order chi connectivity index (χ1) is 9.09. The van der Waals surface area contributed by atoms with Gasteiger partial charge in [0, 0.05) is 0 Å². The molecule has 0 amide bonds. The first-order valence-corrected chi connectivity index (χ1v) is 9.09. The first-order valence-electron chi connectivity index (χ1n) is 9.09. The van der Waals surface area contributed by atoms with Crippen LogP contribution in [0.15, 0.2) is 0 Å². The van der Waals surface area contributed by atoms with Gasteiger partial charge in [-0.1, -0.05) is 71.6 Å². The number of fused-ring (bicyclic) bond motifs is 5. The standard InChI is InChI=1S/C18H31B.Li/c1-12-16-10-13(18(16,2)3)11-17(12)19-14-6-4-7-15(19)9-5-8-14;/h12-17H,4-11H2,1-3H3;/q-1;+1. The Morgan fingerprint density at radius 2 is 1.45 bits per heavy atom. The summed E-state index contributed by atoms with van der Waals surface area (Å²) in [6.07, 6.45) is 12.5. The van der Waals surface area contributed by atoms with Crippen molar-refractivity contribution >= 4 is 6.71 Å². The fourth-order valence-electron chi connectivity index (χ4n) is 7.12. The fraction of sp³-hybridized carbons (Fsp3) is 1.00. The summed E-state index contributed by atoms with van der Waals surface area (Å²) in [6.45, 7) is 8.87. The van der Waals surface area contributed by atoms with Crippen LogP contribution >= 0.6 is 0 Å². The summed E-state index contributed by atoms with van der Waals surface area (Å²) in [6, 6.07) is 0. The molecular weight excluding hydrogens is 234 g/mol. The van der Waals surface area contributed by atoms with E-state index in [1.54, 1.807) is 51.4 Å². The Balaban J connectivity index is 0.00000121. The Bertz CT molecular complexity index is 344. The fourth-order valence-corrected chi connectivity index (χ4v) is 7.12. The predicted octanol–water partition coefficient (Wildman–Crippen LogP) is 2.67. The topological polar surface area (TPSA) is 0 Å². The minimum absolute atomic E-state index is 0. The zero-order valence-corrected chi connectivity index (χ0v) is 14.2. The molecule has 5 aliphatic rings. The van der Waals surface area contributed by atoms with Gasteiger partial charge in [-0.2, -0.15) is 17.5 Å². The van der Waals surface area contributed by atoms with Crippen LogP contribution in [-0.4, -0.2) is 6.71 Å². The zero-order chi connectivity index (χ0) is 13.2. The van der Waals surface area contributed by atoms with E-state index >= 15 is 0 Å². The van der Waals surface area contributed by atoms with Crippen molar-refractivity contribution in [2.75, 3.05) is 0 Å². The molecule has 0 aromatic rings. The van der Waals surface area contributed by atoms with Crippen LogP contribution in [0.2, 0.25) is 17.5 Å². The van der Waals surface area contributed by atoms with Gasteiger partial charge in [-0.15, -0.1) is 6.71 Å². The van der Waals surface area contributed by atoms with Crippen molar-refractivity contribution in [2.24, 2.45) is 23.2 Å². The quantitative estimate of drug-likeness (QED) is 0.639. The molecule has 5 fully saturated rings. The Morgan fingerprint density at radius 3 is 1.90 bits per heavy atom. The number of hydrogen-bond donors (Lipinski definition) is 0. The smallest absolute Gasteiger partial charge is 0.196 e. The second-order valence-corrected chi connectivity index (χ2v) is 9.08. The van der Waals surface area contributed by atoms with Crippen molar-refractivity contribution in [3.8, 4) is 0 Å². The Morgan fingerprint density at radius 1 is 0.900 bits per heavy atom. The van der Waals surface area contributed by atoms with E-state index in [2.05, 4.69) is 20.8 Å². The summed E-state index contributed by atoms with van der Waals surface area (Å²) in [7, 11) is 0. The van der Waals surface area contributed by atoms with Crippen LogP contribution in [0.4, 0.5) is 0 Å². The molecule has 2 aliphatic heterocycles. The molecule has 4 bridgehead atoms. The zero-order valence-electron chi connectivity index (χ0n) is 14.2. The third-order valence-corrected chi connectivity index (χ3v) is 8.30. The molecule has 0 aromatic heterocycles. The van der Waals surface area contributed by atoms with E-state index in [4.69, 9.17) is 0 Å². The normalized spacial score (nSPS) is 50.0. The third-order valence-electron chi connectivity index (χ3n) is 8.30. The van der Waals surface area contributed by atoms with Crippen LogP contribution in [0, 0.1) is 23.2 Å². The van der Waals surface area contributed by atoms with Gasteiger partial charge in [0.15, 0.2) is 0 Å². The van der Waals surface area contributed by atoms with E-state index in [-0.39, 0.29) is 18.9 Å². The summed E-state index contributed by atoms with van der Waals surface area (Å²) < 4.78 is 0. The van der Waals surface area contributed by atoms with Crippen molar-refractivity contribution in [1.82, 2.24) is 0 Å². The number of hydrogen-bond acceptors (Lipinski definition) is 0. The maximum absolute atomic E-state index is 2.62. The molecule has 4 unspecified atom stereocenters. The van der Waals surface area contributed by atoms with Crippen LogP contribution < -0.4 is 18.9 Å². The predicted molar refractivity (Wildman–Crippen MR) is 83.9 cm³/mol. The van der Waals surface area contributed by atoms with Gasteiger partial charge in [0.1, 0.15) is 0 Å². The monoisotopic (exact) mass is 265 g/mol. The summed E-state index contributed by atoms with van der Waals surface area (Å²) >= 11 is 0. The summed E-state index contributed by atoms with van der Waals surface area (Å²) in [5.74, 6) is 6.50. The van der Waals surface area contributed by atoms with Gasteiger partial charge >= 0.3 is 18.9 Å². The second kappa shape index (κ2) is 5.38. The van der Waals surface area contributed by atoms with E-state index < -0.39 is 0 Å². The molecule has 4 atom stereocenters. The van der Waals surface area contributed by atoms with Crippen molar-refractivity contribution in [2.45, 2.75) is 89.6 Å². The van der Waals surface area contributed by atoms with Crippen molar-refractivity contribution < 1.29 is 18.9 Å². The van der Waals surface area contributed by atoms with Gasteiger partial charge in [-0.3, -0.25) is 0 Å². The molecule has 107 valence electrons. The van der Waals surface area contributed by atoms with Gasteiger partial charge < -0.3 is 0 Å². The van der Waals surface area contributed by atoms with Crippen LogP contribution in [0.3, 0.4) is 0 Å². The van der Waals surface area contributed by atoms with Crippen LogP contribution in [0.1, 0.15) is 72.1 Å². The molecule has 0 spiro atoms. The SMILES string of the molecule is CC1C([B-]2C3CCCC2CCC3)CC2CC1C2(C)C.[Li+]. The molecule has 2 heterocycles. The van der Waals surface area contributed by atoms with Crippen LogP contribution in [-0.2, 0) is 0 Å². The summed E-state index contributed by atoms with van der Waals surface area (Å²) in [5, 5.41) is 0. The van der Waals surface area contributed by atoms with E-state index in [1.807, 2.05) is 0 Å².